The van der Waals surface area contributed by atoms with Gasteiger partial charge in [-0.3, -0.25) is 0 Å². The van der Waals surface area contributed by atoms with Gasteiger partial charge in [-0.2, -0.15) is 0 Å². The van der Waals surface area contributed by atoms with Gasteiger partial charge in [0.15, 0.2) is 5.82 Å². The van der Waals surface area contributed by atoms with Crippen molar-refractivity contribution in [3.8, 4) is 22.5 Å². The summed E-state index contributed by atoms with van der Waals surface area (Å²) in [5.74, 6) is 0.680. The van der Waals surface area contributed by atoms with Gasteiger partial charge in [0.25, 0.3) is 0 Å². The average molecular weight is 357 g/mol. The smallest absolute Gasteiger partial charge is 0.161 e. The minimum Gasteiger partial charge on any atom is -0.231 e. The van der Waals surface area contributed by atoms with Crippen LogP contribution in [0.3, 0.4) is 0 Å². The number of benzene rings is 3. The third-order valence-corrected chi connectivity index (χ3v) is 5.59. The molecule has 0 unspecified atom stereocenters. The molecule has 0 radical (unpaired) electrons. The van der Waals surface area contributed by atoms with Gasteiger partial charge in [-0.05, 0) is 21.9 Å². The first-order chi connectivity index (χ1) is 12.6. The molecule has 0 saturated heterocycles. The van der Waals surface area contributed by atoms with Crippen LogP contribution in [0, 0.1) is 0 Å². The zero-order valence-corrected chi connectivity index (χ0v) is 15.4. The van der Waals surface area contributed by atoms with Crippen molar-refractivity contribution < 1.29 is 0 Å². The van der Waals surface area contributed by atoms with Crippen molar-refractivity contribution >= 4 is 22.4 Å². The monoisotopic (exact) mass is 356 g/mol. The van der Waals surface area contributed by atoms with Crippen LogP contribution < -0.4 is 0 Å². The molecule has 3 heteroatoms. The normalized spacial score (nSPS) is 14.3. The first kappa shape index (κ1) is 15.5. The van der Waals surface area contributed by atoms with Crippen LogP contribution in [-0.2, 0) is 5.41 Å². The molecule has 1 aromatic heterocycles. The van der Waals surface area contributed by atoms with Gasteiger partial charge < -0.3 is 0 Å². The number of fused-ring (bicyclic) bond motifs is 5. The van der Waals surface area contributed by atoms with Crippen molar-refractivity contribution in [3.63, 3.8) is 0 Å². The molecule has 0 saturated carbocycles. The van der Waals surface area contributed by atoms with Crippen LogP contribution in [0.4, 0.5) is 0 Å². The molecule has 1 heterocycles. The van der Waals surface area contributed by atoms with E-state index in [1.165, 1.54) is 16.3 Å². The van der Waals surface area contributed by atoms with Crippen LogP contribution in [0.5, 0.6) is 0 Å². The summed E-state index contributed by atoms with van der Waals surface area (Å²) in [7, 11) is 0. The lowest BCUT2D eigenvalue weighted by atomic mass is 9.82. The van der Waals surface area contributed by atoms with E-state index in [0.717, 1.165) is 22.4 Å². The molecule has 5 rings (SSSR count). The lowest BCUT2D eigenvalue weighted by Gasteiger charge is -2.22. The fourth-order valence-electron chi connectivity index (χ4n) is 4.11. The van der Waals surface area contributed by atoms with E-state index in [1.54, 1.807) is 0 Å². The van der Waals surface area contributed by atoms with Crippen LogP contribution >= 0.6 is 11.6 Å². The van der Waals surface area contributed by atoms with Gasteiger partial charge in [0, 0.05) is 16.5 Å². The fraction of sp³-hybridized carbons (Fsp3) is 0.130. The van der Waals surface area contributed by atoms with Crippen LogP contribution in [0.2, 0.25) is 5.15 Å². The molecule has 0 amide bonds. The van der Waals surface area contributed by atoms with Crippen molar-refractivity contribution in [2.75, 3.05) is 0 Å². The summed E-state index contributed by atoms with van der Waals surface area (Å²) >= 11 is 6.68. The van der Waals surface area contributed by atoms with E-state index < -0.39 is 0 Å². The van der Waals surface area contributed by atoms with E-state index >= 15 is 0 Å². The zero-order valence-electron chi connectivity index (χ0n) is 14.6. The summed E-state index contributed by atoms with van der Waals surface area (Å²) in [5.41, 5.74) is 5.15. The fourth-order valence-corrected chi connectivity index (χ4v) is 4.38. The quantitative estimate of drug-likeness (QED) is 0.376. The summed E-state index contributed by atoms with van der Waals surface area (Å²) in [6, 6.07) is 22.8. The van der Waals surface area contributed by atoms with Crippen LogP contribution in [0.1, 0.15) is 25.1 Å². The first-order valence-electron chi connectivity index (χ1n) is 8.73. The lowest BCUT2D eigenvalue weighted by molar-refractivity contribution is 0.641. The Kier molecular flexibility index (Phi) is 3.22. The molecular weight excluding hydrogens is 340 g/mol. The zero-order chi connectivity index (χ0) is 17.9. The maximum Gasteiger partial charge on any atom is 0.161 e. The molecule has 0 spiro atoms. The standard InChI is InChI=1S/C23H17ClN2/c1-23(2)19-16-11-7-6-8-14(16)12-13-17(19)18-20(23)25-22(26-21(18)24)15-9-4-3-5-10-15/h3-13H,1-2H3. The molecule has 0 bridgehead atoms. The predicted octanol–water partition coefficient (Wildman–Crippen LogP) is 6.26. The first-order valence-corrected chi connectivity index (χ1v) is 9.11. The Morgan fingerprint density at radius 3 is 2.35 bits per heavy atom. The van der Waals surface area contributed by atoms with E-state index in [-0.39, 0.29) is 5.41 Å². The molecule has 0 aliphatic heterocycles. The number of nitrogens with zero attached hydrogens (tertiary/aromatic N) is 2. The molecule has 0 fully saturated rings. The number of rotatable bonds is 1. The number of aromatic nitrogens is 2. The van der Waals surface area contributed by atoms with Gasteiger partial charge >= 0.3 is 0 Å². The molecular formula is C23H17ClN2. The summed E-state index contributed by atoms with van der Waals surface area (Å²) in [4.78, 5) is 9.58. The van der Waals surface area contributed by atoms with Crippen molar-refractivity contribution in [1.82, 2.24) is 9.97 Å². The summed E-state index contributed by atoms with van der Waals surface area (Å²) < 4.78 is 0. The minimum atomic E-state index is -0.234. The molecule has 0 atom stereocenters. The number of hydrogen-bond acceptors (Lipinski definition) is 2. The second kappa shape index (κ2) is 5.39. The molecule has 1 aliphatic carbocycles. The van der Waals surface area contributed by atoms with Gasteiger partial charge in [0.05, 0.1) is 5.69 Å². The van der Waals surface area contributed by atoms with Gasteiger partial charge in [-0.1, -0.05) is 92.2 Å². The van der Waals surface area contributed by atoms with E-state index in [0.29, 0.717) is 11.0 Å². The molecule has 4 aromatic rings. The van der Waals surface area contributed by atoms with E-state index in [4.69, 9.17) is 16.6 Å². The Balaban J connectivity index is 1.83. The second-order valence-corrected chi connectivity index (χ2v) is 7.62. The molecule has 126 valence electrons. The number of halogens is 1. The van der Waals surface area contributed by atoms with Gasteiger partial charge in [0.2, 0.25) is 0 Å². The van der Waals surface area contributed by atoms with E-state index in [2.05, 4.69) is 55.2 Å². The predicted molar refractivity (Wildman–Crippen MR) is 108 cm³/mol. The van der Waals surface area contributed by atoms with Crippen LogP contribution in [-0.4, -0.2) is 9.97 Å². The van der Waals surface area contributed by atoms with Crippen molar-refractivity contribution in [2.45, 2.75) is 19.3 Å². The maximum absolute atomic E-state index is 6.68. The highest BCUT2D eigenvalue weighted by Gasteiger charge is 2.40. The average Bonchev–Trinajstić information content (AvgIpc) is 2.90. The molecule has 3 aromatic carbocycles. The Labute approximate surface area is 157 Å². The SMILES string of the molecule is CC1(C)c2nc(-c3ccccc3)nc(Cl)c2-c2ccc3ccccc3c21. The lowest BCUT2D eigenvalue weighted by Crippen LogP contribution is -2.18. The van der Waals surface area contributed by atoms with Crippen LogP contribution in [0.25, 0.3) is 33.3 Å². The number of hydrogen-bond donors (Lipinski definition) is 0. The van der Waals surface area contributed by atoms with E-state index in [9.17, 15) is 0 Å². The topological polar surface area (TPSA) is 25.8 Å². The second-order valence-electron chi connectivity index (χ2n) is 7.26. The minimum absolute atomic E-state index is 0.234. The summed E-state index contributed by atoms with van der Waals surface area (Å²) in [6.45, 7) is 4.45. The highest BCUT2D eigenvalue weighted by Crippen LogP contribution is 2.52. The highest BCUT2D eigenvalue weighted by molar-refractivity contribution is 6.32. The Bertz CT molecular complexity index is 1160. The van der Waals surface area contributed by atoms with Gasteiger partial charge in [0.1, 0.15) is 5.15 Å². The maximum atomic E-state index is 6.68. The largest absolute Gasteiger partial charge is 0.231 e. The van der Waals surface area contributed by atoms with Gasteiger partial charge in [-0.15, -0.1) is 0 Å². The van der Waals surface area contributed by atoms with Crippen molar-refractivity contribution in [2.24, 2.45) is 0 Å². The van der Waals surface area contributed by atoms with Crippen molar-refractivity contribution in [1.29, 1.82) is 0 Å². The molecule has 26 heavy (non-hydrogen) atoms. The Hall–Kier alpha value is -2.71. The summed E-state index contributed by atoms with van der Waals surface area (Å²) in [5, 5.41) is 3.01. The summed E-state index contributed by atoms with van der Waals surface area (Å²) in [6.07, 6.45) is 0. The third kappa shape index (κ3) is 2.06. The third-order valence-electron chi connectivity index (χ3n) is 5.31. The van der Waals surface area contributed by atoms with E-state index in [1.807, 2.05) is 30.3 Å². The molecule has 2 nitrogen and oxygen atoms in total. The molecule has 1 aliphatic rings. The molecule has 0 N–H and O–H groups in total. The Morgan fingerprint density at radius 1 is 0.808 bits per heavy atom. The van der Waals surface area contributed by atoms with Gasteiger partial charge in [-0.25, -0.2) is 9.97 Å². The van der Waals surface area contributed by atoms with Crippen LogP contribution in [0.15, 0.2) is 66.7 Å². The van der Waals surface area contributed by atoms with Crippen molar-refractivity contribution in [3.05, 3.63) is 83.1 Å². The Morgan fingerprint density at radius 2 is 1.54 bits per heavy atom. The highest BCUT2D eigenvalue weighted by atomic mass is 35.5.